The maximum Gasteiger partial charge on any atom is 0.433 e. The first-order valence-corrected chi connectivity index (χ1v) is 14.3. The summed E-state index contributed by atoms with van der Waals surface area (Å²) in [5, 5.41) is 7.48. The van der Waals surface area contributed by atoms with Crippen molar-refractivity contribution in [2.45, 2.75) is 12.4 Å². The van der Waals surface area contributed by atoms with E-state index in [2.05, 4.69) is 20.4 Å². The van der Waals surface area contributed by atoms with E-state index >= 15 is 0 Å². The Morgan fingerprint density at radius 2 is 1.66 bits per heavy atom. The van der Waals surface area contributed by atoms with Gasteiger partial charge in [-0.1, -0.05) is 42.5 Å². The highest BCUT2D eigenvalue weighted by Gasteiger charge is 2.37. The smallest absolute Gasteiger partial charge is 0.433 e. The van der Waals surface area contributed by atoms with E-state index in [-0.39, 0.29) is 37.8 Å². The first kappa shape index (κ1) is 29.9. The van der Waals surface area contributed by atoms with Crippen LogP contribution < -0.4 is 11.1 Å². The molecule has 0 atom stereocenters. The van der Waals surface area contributed by atoms with Gasteiger partial charge in [0.2, 0.25) is 0 Å². The molecule has 0 aliphatic heterocycles. The number of benzene rings is 2. The second-order valence-electron chi connectivity index (χ2n) is 10.2. The topological polar surface area (TPSA) is 128 Å². The molecule has 0 saturated heterocycles. The fraction of sp³-hybridized carbons (Fsp3) is 0.0645. The zero-order valence-corrected chi connectivity index (χ0v) is 24.1. The first-order chi connectivity index (χ1) is 22.3. The van der Waals surface area contributed by atoms with E-state index in [1.54, 1.807) is 42.5 Å². The van der Waals surface area contributed by atoms with Crippen molar-refractivity contribution in [1.82, 2.24) is 19.6 Å². The third-order valence-corrected chi connectivity index (χ3v) is 8.37. The molecule has 7 rings (SSSR count). The molecule has 0 aliphatic carbocycles. The molecule has 3 N–H and O–H groups in total. The van der Waals surface area contributed by atoms with Gasteiger partial charge in [-0.15, -0.1) is 11.3 Å². The Morgan fingerprint density at radius 3 is 2.36 bits per heavy atom. The maximum atomic E-state index is 14.3. The minimum atomic E-state index is -4.91. The highest BCUT2D eigenvalue weighted by molar-refractivity contribution is 7.21. The molecule has 5 aromatic heterocycles. The number of carbonyl (C=O) groups is 2. The van der Waals surface area contributed by atoms with Crippen LogP contribution in [0.4, 0.5) is 32.0 Å². The second-order valence-corrected chi connectivity index (χ2v) is 11.2. The summed E-state index contributed by atoms with van der Waals surface area (Å²) in [6.07, 6.45) is -7.71. The van der Waals surface area contributed by atoms with Crippen LogP contribution in [-0.4, -0.2) is 31.4 Å². The average molecular weight is 667 g/mol. The lowest BCUT2D eigenvalue weighted by Crippen LogP contribution is -2.18. The van der Waals surface area contributed by atoms with E-state index in [1.807, 2.05) is 0 Å². The number of alkyl halides is 6. The predicted octanol–water partition coefficient (Wildman–Crippen LogP) is 7.81. The minimum Gasteiger partial charge on any atom is -0.464 e. The molecule has 0 fully saturated rings. The summed E-state index contributed by atoms with van der Waals surface area (Å²) in [7, 11) is 0. The lowest BCUT2D eigenvalue weighted by molar-refractivity contribution is -0.143. The molecule has 7 aromatic rings. The van der Waals surface area contributed by atoms with Crippen LogP contribution in [0.25, 0.3) is 49.2 Å². The molecule has 9 nitrogen and oxygen atoms in total. The summed E-state index contributed by atoms with van der Waals surface area (Å²) in [5.41, 5.74) is 1.93. The molecule has 16 heteroatoms. The van der Waals surface area contributed by atoms with Gasteiger partial charge in [0.1, 0.15) is 26.7 Å². The van der Waals surface area contributed by atoms with Crippen molar-refractivity contribution in [3.8, 4) is 22.6 Å². The molecule has 0 unspecified atom stereocenters. The van der Waals surface area contributed by atoms with Crippen LogP contribution in [0.1, 0.15) is 31.4 Å². The summed E-state index contributed by atoms with van der Waals surface area (Å²) in [6, 6.07) is 16.3. The van der Waals surface area contributed by atoms with E-state index in [0.29, 0.717) is 32.9 Å². The van der Waals surface area contributed by atoms with Crippen molar-refractivity contribution in [3.05, 3.63) is 101 Å². The van der Waals surface area contributed by atoms with Gasteiger partial charge in [-0.05, 0) is 35.0 Å². The molecule has 236 valence electrons. The molecule has 0 spiro atoms. The lowest BCUT2D eigenvalue weighted by atomic mass is 10.0. The van der Waals surface area contributed by atoms with Crippen LogP contribution in [0, 0.1) is 0 Å². The van der Waals surface area contributed by atoms with Gasteiger partial charge in [0.05, 0.1) is 23.8 Å². The van der Waals surface area contributed by atoms with Gasteiger partial charge in [-0.25, -0.2) is 14.5 Å². The monoisotopic (exact) mass is 666 g/mol. The van der Waals surface area contributed by atoms with Crippen LogP contribution in [0.5, 0.6) is 0 Å². The van der Waals surface area contributed by atoms with Gasteiger partial charge in [0.25, 0.3) is 11.8 Å². The van der Waals surface area contributed by atoms with E-state index < -0.39 is 46.8 Å². The molecule has 0 aliphatic rings. The van der Waals surface area contributed by atoms with Gasteiger partial charge in [0.15, 0.2) is 11.3 Å². The number of anilines is 1. The Morgan fingerprint density at radius 1 is 0.894 bits per heavy atom. The fourth-order valence-corrected chi connectivity index (χ4v) is 6.26. The molecule has 0 bridgehead atoms. The Labute approximate surface area is 262 Å². The number of hydrogen-bond donors (Lipinski definition) is 2. The second kappa shape index (κ2) is 10.7. The molecule has 0 radical (unpaired) electrons. The number of aromatic nitrogens is 4. The van der Waals surface area contributed by atoms with Gasteiger partial charge in [0, 0.05) is 16.5 Å². The average Bonchev–Trinajstić information content (AvgIpc) is 3.78. The number of fused-ring (bicyclic) bond motifs is 3. The van der Waals surface area contributed by atoms with Crippen molar-refractivity contribution in [2.75, 3.05) is 5.32 Å². The molecule has 2 amide bonds. The number of pyridine rings is 1. The molecule has 0 saturated carbocycles. The minimum absolute atomic E-state index is 0.0422. The summed E-state index contributed by atoms with van der Waals surface area (Å²) in [6.45, 7) is 0. The van der Waals surface area contributed by atoms with Gasteiger partial charge >= 0.3 is 12.4 Å². The number of nitrogens with two attached hydrogens (primary N) is 1. The third-order valence-electron chi connectivity index (χ3n) is 7.27. The molecular formula is C31H16F6N6O3S. The number of furan rings is 1. The zero-order valence-electron chi connectivity index (χ0n) is 23.3. The van der Waals surface area contributed by atoms with Crippen LogP contribution in [0.2, 0.25) is 0 Å². The van der Waals surface area contributed by atoms with E-state index in [1.165, 1.54) is 18.4 Å². The van der Waals surface area contributed by atoms with Crippen LogP contribution in [0.15, 0.2) is 83.6 Å². The Balaban J connectivity index is 1.42. The summed E-state index contributed by atoms with van der Waals surface area (Å²) in [4.78, 5) is 33.6. The Hall–Kier alpha value is -5.77. The van der Waals surface area contributed by atoms with Gasteiger partial charge < -0.3 is 15.5 Å². The lowest BCUT2D eigenvalue weighted by Gasteiger charge is -2.13. The number of thiophene rings is 1. The molecule has 5 heterocycles. The number of halogens is 6. The van der Waals surface area contributed by atoms with Crippen molar-refractivity contribution < 1.29 is 40.3 Å². The van der Waals surface area contributed by atoms with Crippen LogP contribution in [-0.2, 0) is 12.4 Å². The molecule has 2 aromatic carbocycles. The number of nitrogens with one attached hydrogen (secondary N) is 1. The van der Waals surface area contributed by atoms with Crippen molar-refractivity contribution >= 4 is 55.5 Å². The van der Waals surface area contributed by atoms with Gasteiger partial charge in [-0.3, -0.25) is 9.59 Å². The summed E-state index contributed by atoms with van der Waals surface area (Å²) >= 11 is 0.496. The van der Waals surface area contributed by atoms with Gasteiger partial charge in [-0.2, -0.15) is 31.4 Å². The highest BCUT2D eigenvalue weighted by Crippen LogP contribution is 2.44. The van der Waals surface area contributed by atoms with E-state index in [9.17, 15) is 35.9 Å². The molecular weight excluding hydrogens is 650 g/mol. The quantitative estimate of drug-likeness (QED) is 0.180. The number of primary amides is 1. The van der Waals surface area contributed by atoms with Crippen LogP contribution in [0.3, 0.4) is 0 Å². The number of rotatable bonds is 5. The van der Waals surface area contributed by atoms with Crippen molar-refractivity contribution in [2.24, 2.45) is 5.73 Å². The zero-order chi connectivity index (χ0) is 33.2. The fourth-order valence-electron chi connectivity index (χ4n) is 5.26. The predicted molar refractivity (Wildman–Crippen MR) is 160 cm³/mol. The normalized spacial score (nSPS) is 12.3. The van der Waals surface area contributed by atoms with Crippen LogP contribution >= 0.6 is 11.3 Å². The molecule has 47 heavy (non-hydrogen) atoms. The third kappa shape index (κ3) is 5.11. The maximum absolute atomic E-state index is 14.3. The number of hydrogen-bond acceptors (Lipinski definition) is 7. The van der Waals surface area contributed by atoms with Crippen molar-refractivity contribution in [1.29, 1.82) is 0 Å². The Bertz CT molecular complexity index is 2370. The number of nitrogens with zero attached hydrogens (tertiary/aromatic N) is 4. The SMILES string of the molecule is NC(=O)c1sc2nc(C(F)(F)F)cc(-c3ccco3)c2c1NC(=O)c1cnn2c(C(F)(F)F)cc(-c3cccc4ccccc34)nc12. The van der Waals surface area contributed by atoms with E-state index in [4.69, 9.17) is 10.2 Å². The largest absolute Gasteiger partial charge is 0.464 e. The Kier molecular flexibility index (Phi) is 6.78. The number of carbonyl (C=O) groups excluding carboxylic acids is 2. The standard InChI is InChI=1S/C31H16F6N6O3S/c32-30(33,34)21-11-17(20-9-4-10-46-20)23-24(25(26(38)44)47-29(23)41-21)42-28(45)18-13-39-43-22(31(35,36)37)12-19(40-27(18)43)16-8-3-6-14-5-1-2-7-15(14)16/h1-13H,(H2,38,44)(H,42,45). The summed E-state index contributed by atoms with van der Waals surface area (Å²) < 4.78 is 90.0. The van der Waals surface area contributed by atoms with Crippen molar-refractivity contribution in [3.63, 3.8) is 0 Å². The highest BCUT2D eigenvalue weighted by atomic mass is 32.1. The van der Waals surface area contributed by atoms with E-state index in [0.717, 1.165) is 17.6 Å². The summed E-state index contributed by atoms with van der Waals surface area (Å²) in [5.74, 6) is -2.21. The number of amides is 2. The first-order valence-electron chi connectivity index (χ1n) is 13.4.